The van der Waals surface area contributed by atoms with E-state index in [1.54, 1.807) is 0 Å². The van der Waals surface area contributed by atoms with E-state index < -0.39 is 0 Å². The van der Waals surface area contributed by atoms with Gasteiger partial charge in [0.25, 0.3) is 0 Å². The van der Waals surface area contributed by atoms with Crippen molar-refractivity contribution in [2.45, 2.75) is 0 Å². The van der Waals surface area contributed by atoms with Gasteiger partial charge in [-0.05, 0) is 12.1 Å². The summed E-state index contributed by atoms with van der Waals surface area (Å²) in [5, 5.41) is 8.95. The summed E-state index contributed by atoms with van der Waals surface area (Å²) < 4.78 is 11.2. The van der Waals surface area contributed by atoms with Gasteiger partial charge in [-0.3, -0.25) is 4.90 Å². The number of rotatable bonds is 3. The van der Waals surface area contributed by atoms with Crippen molar-refractivity contribution in [2.24, 2.45) is 0 Å². The molecule has 0 radical (unpaired) electrons. The summed E-state index contributed by atoms with van der Waals surface area (Å²) in [5.41, 5.74) is 1.19. The van der Waals surface area contributed by atoms with Crippen LogP contribution in [0, 0.1) is 0 Å². The fraction of sp³-hybridized carbons (Fsp3) is 0.571. The molecule has 2 heterocycles. The first kappa shape index (κ1) is 12.6. The molecule has 0 amide bonds. The van der Waals surface area contributed by atoms with E-state index in [0.717, 1.165) is 44.2 Å². The SMILES string of the molecule is OCCN1CCN(c2ccc3c(c2)OCCO3)CC1. The zero-order chi connectivity index (χ0) is 13.1. The van der Waals surface area contributed by atoms with E-state index in [2.05, 4.69) is 21.9 Å². The van der Waals surface area contributed by atoms with E-state index in [9.17, 15) is 0 Å². The van der Waals surface area contributed by atoms with Crippen molar-refractivity contribution in [2.75, 3.05) is 57.4 Å². The maximum atomic E-state index is 8.95. The Labute approximate surface area is 113 Å². The molecule has 0 atom stereocenters. The topological polar surface area (TPSA) is 45.2 Å². The van der Waals surface area contributed by atoms with Crippen LogP contribution in [-0.4, -0.2) is 62.6 Å². The molecule has 1 saturated heterocycles. The van der Waals surface area contributed by atoms with Gasteiger partial charge in [0.1, 0.15) is 13.2 Å². The zero-order valence-electron chi connectivity index (χ0n) is 11.0. The van der Waals surface area contributed by atoms with Crippen LogP contribution in [0.25, 0.3) is 0 Å². The minimum atomic E-state index is 0.240. The summed E-state index contributed by atoms with van der Waals surface area (Å²) in [6, 6.07) is 6.15. The quantitative estimate of drug-likeness (QED) is 0.865. The fourth-order valence-electron chi connectivity index (χ4n) is 2.60. The summed E-state index contributed by atoms with van der Waals surface area (Å²) in [4.78, 5) is 4.64. The lowest BCUT2D eigenvalue weighted by atomic mass is 10.2. The molecule has 0 bridgehead atoms. The number of hydrogen-bond donors (Lipinski definition) is 1. The summed E-state index contributed by atoms with van der Waals surface area (Å²) in [6.45, 7) is 6.23. The molecule has 2 aliphatic heterocycles. The third kappa shape index (κ3) is 2.77. The Morgan fingerprint density at radius 2 is 1.74 bits per heavy atom. The summed E-state index contributed by atoms with van der Waals surface area (Å²) in [6.07, 6.45) is 0. The third-order valence-corrected chi connectivity index (χ3v) is 3.68. The van der Waals surface area contributed by atoms with Gasteiger partial charge >= 0.3 is 0 Å². The summed E-state index contributed by atoms with van der Waals surface area (Å²) in [5.74, 6) is 1.69. The highest BCUT2D eigenvalue weighted by atomic mass is 16.6. The lowest BCUT2D eigenvalue weighted by Crippen LogP contribution is -2.47. The van der Waals surface area contributed by atoms with Crippen molar-refractivity contribution in [3.8, 4) is 11.5 Å². The predicted molar refractivity (Wildman–Crippen MR) is 73.2 cm³/mol. The van der Waals surface area contributed by atoms with Crippen molar-refractivity contribution in [1.29, 1.82) is 0 Å². The molecule has 5 heteroatoms. The zero-order valence-corrected chi connectivity index (χ0v) is 11.0. The molecule has 0 aliphatic carbocycles. The van der Waals surface area contributed by atoms with Gasteiger partial charge in [0.15, 0.2) is 11.5 Å². The molecule has 3 rings (SSSR count). The lowest BCUT2D eigenvalue weighted by molar-refractivity contribution is 0.171. The second-order valence-corrected chi connectivity index (χ2v) is 4.88. The number of piperazine rings is 1. The number of nitrogens with zero attached hydrogens (tertiary/aromatic N) is 2. The van der Waals surface area contributed by atoms with E-state index in [0.29, 0.717) is 13.2 Å². The molecule has 0 aromatic heterocycles. The van der Waals surface area contributed by atoms with E-state index in [-0.39, 0.29) is 6.61 Å². The molecular weight excluding hydrogens is 244 g/mol. The molecule has 5 nitrogen and oxygen atoms in total. The standard InChI is InChI=1S/C14H20N2O3/c17-8-7-15-3-5-16(6-4-15)12-1-2-13-14(11-12)19-10-9-18-13/h1-2,11,17H,3-10H2. The van der Waals surface area contributed by atoms with Crippen LogP contribution in [0.1, 0.15) is 0 Å². The van der Waals surface area contributed by atoms with Gasteiger partial charge in [-0.2, -0.15) is 0 Å². The summed E-state index contributed by atoms with van der Waals surface area (Å²) in [7, 11) is 0. The van der Waals surface area contributed by atoms with E-state index >= 15 is 0 Å². The monoisotopic (exact) mass is 264 g/mol. The van der Waals surface area contributed by atoms with E-state index in [1.165, 1.54) is 5.69 Å². The Morgan fingerprint density at radius 3 is 2.47 bits per heavy atom. The average molecular weight is 264 g/mol. The minimum Gasteiger partial charge on any atom is -0.486 e. The molecule has 1 fully saturated rings. The molecule has 1 N–H and O–H groups in total. The summed E-state index contributed by atoms with van der Waals surface area (Å²) >= 11 is 0. The Hall–Kier alpha value is -1.46. The molecule has 104 valence electrons. The number of benzene rings is 1. The van der Waals surface area contributed by atoms with Crippen molar-refractivity contribution < 1.29 is 14.6 Å². The van der Waals surface area contributed by atoms with Crippen molar-refractivity contribution >= 4 is 5.69 Å². The predicted octanol–water partition coefficient (Wildman–Crippen LogP) is 0.572. The normalized spacial score (nSPS) is 19.5. The number of hydrogen-bond acceptors (Lipinski definition) is 5. The number of ether oxygens (including phenoxy) is 2. The first-order valence-corrected chi connectivity index (χ1v) is 6.84. The van der Waals surface area contributed by atoms with Crippen LogP contribution in [0.15, 0.2) is 18.2 Å². The highest BCUT2D eigenvalue weighted by Crippen LogP contribution is 2.34. The van der Waals surface area contributed by atoms with Crippen LogP contribution in [-0.2, 0) is 0 Å². The first-order chi connectivity index (χ1) is 9.36. The Morgan fingerprint density at radius 1 is 1.00 bits per heavy atom. The number of anilines is 1. The molecule has 0 unspecified atom stereocenters. The first-order valence-electron chi connectivity index (χ1n) is 6.84. The van der Waals surface area contributed by atoms with Gasteiger partial charge < -0.3 is 19.5 Å². The average Bonchev–Trinajstić information content (AvgIpc) is 2.48. The van der Waals surface area contributed by atoms with Gasteiger partial charge in [-0.25, -0.2) is 0 Å². The highest BCUT2D eigenvalue weighted by Gasteiger charge is 2.19. The van der Waals surface area contributed by atoms with Crippen LogP contribution in [0.3, 0.4) is 0 Å². The fourth-order valence-corrected chi connectivity index (χ4v) is 2.60. The molecular formula is C14H20N2O3. The van der Waals surface area contributed by atoms with E-state index in [1.807, 2.05) is 6.07 Å². The Balaban J connectivity index is 1.66. The number of aliphatic hydroxyl groups excluding tert-OH is 1. The third-order valence-electron chi connectivity index (χ3n) is 3.68. The van der Waals surface area contributed by atoms with Gasteiger partial charge in [0.05, 0.1) is 6.61 Å². The smallest absolute Gasteiger partial charge is 0.163 e. The molecule has 0 spiro atoms. The molecule has 1 aromatic carbocycles. The number of fused-ring (bicyclic) bond motifs is 1. The van der Waals surface area contributed by atoms with E-state index in [4.69, 9.17) is 14.6 Å². The maximum Gasteiger partial charge on any atom is 0.163 e. The molecule has 0 saturated carbocycles. The Kier molecular flexibility index (Phi) is 3.75. The lowest BCUT2D eigenvalue weighted by Gasteiger charge is -2.36. The van der Waals surface area contributed by atoms with Crippen molar-refractivity contribution in [3.05, 3.63) is 18.2 Å². The molecule has 1 aromatic rings. The van der Waals surface area contributed by atoms with Gasteiger partial charge in [0, 0.05) is 44.5 Å². The van der Waals surface area contributed by atoms with Gasteiger partial charge in [-0.15, -0.1) is 0 Å². The molecule has 19 heavy (non-hydrogen) atoms. The van der Waals surface area contributed by atoms with Crippen LogP contribution in [0.4, 0.5) is 5.69 Å². The van der Waals surface area contributed by atoms with Gasteiger partial charge in [0.2, 0.25) is 0 Å². The van der Waals surface area contributed by atoms with Crippen LogP contribution >= 0.6 is 0 Å². The highest BCUT2D eigenvalue weighted by molar-refractivity contribution is 5.57. The number of β-amino-alcohol motifs (C(OH)–C–C–N with tert-alkyl or cyclic N) is 1. The maximum absolute atomic E-state index is 8.95. The van der Waals surface area contributed by atoms with Crippen LogP contribution in [0.5, 0.6) is 11.5 Å². The van der Waals surface area contributed by atoms with Crippen molar-refractivity contribution in [3.63, 3.8) is 0 Å². The van der Waals surface area contributed by atoms with Crippen molar-refractivity contribution in [1.82, 2.24) is 4.90 Å². The van der Waals surface area contributed by atoms with Gasteiger partial charge in [-0.1, -0.05) is 0 Å². The molecule has 2 aliphatic rings. The Bertz CT molecular complexity index is 431. The largest absolute Gasteiger partial charge is 0.486 e. The van der Waals surface area contributed by atoms with Crippen LogP contribution < -0.4 is 14.4 Å². The number of aliphatic hydroxyl groups is 1. The second-order valence-electron chi connectivity index (χ2n) is 4.88. The minimum absolute atomic E-state index is 0.240. The van der Waals surface area contributed by atoms with Crippen LogP contribution in [0.2, 0.25) is 0 Å². The second kappa shape index (κ2) is 5.67.